The van der Waals surface area contributed by atoms with Gasteiger partial charge in [-0.3, -0.25) is 0 Å². The highest BCUT2D eigenvalue weighted by atomic mass is 32.1. The summed E-state index contributed by atoms with van der Waals surface area (Å²) < 4.78 is 0. The predicted octanol–water partition coefficient (Wildman–Crippen LogP) is 2.14. The van der Waals surface area contributed by atoms with Crippen molar-refractivity contribution in [2.75, 3.05) is 11.9 Å². The van der Waals surface area contributed by atoms with Crippen LogP contribution in [0.5, 0.6) is 0 Å². The van der Waals surface area contributed by atoms with E-state index in [1.54, 1.807) is 11.3 Å². The zero-order valence-electron chi connectivity index (χ0n) is 7.35. The van der Waals surface area contributed by atoms with Crippen LogP contribution in [0.4, 0.5) is 5.13 Å². The molecular formula is C9H12N2S. The molecular weight excluding hydrogens is 168 g/mol. The van der Waals surface area contributed by atoms with Crippen molar-refractivity contribution in [1.29, 1.82) is 0 Å². The molecule has 0 radical (unpaired) electrons. The normalized spacial score (nSPS) is 8.83. The van der Waals surface area contributed by atoms with Crippen LogP contribution in [0, 0.1) is 11.8 Å². The third-order valence-electron chi connectivity index (χ3n) is 1.42. The highest BCUT2D eigenvalue weighted by molar-refractivity contribution is 7.13. The Kier molecular flexibility index (Phi) is 3.62. The number of nitrogens with one attached hydrogen (secondary N) is 1. The lowest BCUT2D eigenvalue weighted by Gasteiger charge is -1.93. The van der Waals surface area contributed by atoms with E-state index in [2.05, 4.69) is 34.4 Å². The van der Waals surface area contributed by atoms with Gasteiger partial charge in [-0.1, -0.05) is 12.8 Å². The fraction of sp³-hybridized carbons (Fsp3) is 0.444. The van der Waals surface area contributed by atoms with E-state index in [1.807, 2.05) is 6.92 Å². The Morgan fingerprint density at radius 3 is 3.08 bits per heavy atom. The molecule has 0 atom stereocenters. The Morgan fingerprint density at radius 2 is 2.50 bits per heavy atom. The van der Waals surface area contributed by atoms with Crippen LogP contribution in [-0.2, 0) is 6.42 Å². The van der Waals surface area contributed by atoms with Crippen LogP contribution in [0.1, 0.15) is 19.5 Å². The van der Waals surface area contributed by atoms with Crippen LogP contribution in [0.15, 0.2) is 5.38 Å². The molecule has 12 heavy (non-hydrogen) atoms. The van der Waals surface area contributed by atoms with Crippen molar-refractivity contribution in [3.63, 3.8) is 0 Å². The van der Waals surface area contributed by atoms with Crippen molar-refractivity contribution in [1.82, 2.24) is 4.98 Å². The zero-order chi connectivity index (χ0) is 8.81. The van der Waals surface area contributed by atoms with E-state index in [0.29, 0.717) is 6.54 Å². The highest BCUT2D eigenvalue weighted by Gasteiger charge is 1.96. The molecule has 1 heterocycles. The second-order valence-electron chi connectivity index (χ2n) is 2.28. The summed E-state index contributed by atoms with van der Waals surface area (Å²) >= 11 is 1.63. The van der Waals surface area contributed by atoms with Gasteiger partial charge in [0, 0.05) is 5.38 Å². The second kappa shape index (κ2) is 4.78. The molecule has 0 saturated carbocycles. The summed E-state index contributed by atoms with van der Waals surface area (Å²) in [7, 11) is 0. The Labute approximate surface area is 77.0 Å². The monoisotopic (exact) mass is 180 g/mol. The van der Waals surface area contributed by atoms with Crippen LogP contribution in [0.2, 0.25) is 0 Å². The Balaban J connectivity index is 2.45. The quantitative estimate of drug-likeness (QED) is 0.721. The van der Waals surface area contributed by atoms with Crippen molar-refractivity contribution in [3.05, 3.63) is 11.1 Å². The molecule has 0 fully saturated rings. The van der Waals surface area contributed by atoms with Crippen molar-refractivity contribution in [2.24, 2.45) is 0 Å². The van der Waals surface area contributed by atoms with Gasteiger partial charge >= 0.3 is 0 Å². The van der Waals surface area contributed by atoms with E-state index in [4.69, 9.17) is 0 Å². The van der Waals surface area contributed by atoms with Gasteiger partial charge in [-0.2, -0.15) is 0 Å². The SMILES string of the molecule is CC#CCNc1nc(CC)cs1. The Morgan fingerprint density at radius 1 is 1.67 bits per heavy atom. The first kappa shape index (κ1) is 9.08. The molecule has 0 aliphatic carbocycles. The number of hydrogen-bond donors (Lipinski definition) is 1. The Hall–Kier alpha value is -1.01. The van der Waals surface area contributed by atoms with Crippen molar-refractivity contribution < 1.29 is 0 Å². The van der Waals surface area contributed by atoms with Gasteiger partial charge in [-0.05, 0) is 13.3 Å². The van der Waals surface area contributed by atoms with Gasteiger partial charge in [0.05, 0.1) is 12.2 Å². The maximum absolute atomic E-state index is 4.34. The smallest absolute Gasteiger partial charge is 0.183 e. The summed E-state index contributed by atoms with van der Waals surface area (Å²) in [6, 6.07) is 0. The zero-order valence-corrected chi connectivity index (χ0v) is 8.16. The van der Waals surface area contributed by atoms with E-state index in [1.165, 1.54) is 0 Å². The average molecular weight is 180 g/mol. The third-order valence-corrected chi connectivity index (χ3v) is 2.27. The molecule has 0 aliphatic heterocycles. The molecule has 64 valence electrons. The summed E-state index contributed by atoms with van der Waals surface area (Å²) in [5.41, 5.74) is 1.15. The van der Waals surface area contributed by atoms with E-state index in [0.717, 1.165) is 17.2 Å². The van der Waals surface area contributed by atoms with E-state index in [-0.39, 0.29) is 0 Å². The van der Waals surface area contributed by atoms with Gasteiger partial charge in [0.1, 0.15) is 0 Å². The molecule has 0 aromatic carbocycles. The summed E-state index contributed by atoms with van der Waals surface area (Å²) in [5.74, 6) is 5.75. The fourth-order valence-corrected chi connectivity index (χ4v) is 1.55. The number of anilines is 1. The van der Waals surface area contributed by atoms with Crippen molar-refractivity contribution in [2.45, 2.75) is 20.3 Å². The summed E-state index contributed by atoms with van der Waals surface area (Å²) in [6.45, 7) is 4.62. The average Bonchev–Trinajstić information content (AvgIpc) is 2.53. The fourth-order valence-electron chi connectivity index (χ4n) is 0.759. The molecule has 0 unspecified atom stereocenters. The largest absolute Gasteiger partial charge is 0.351 e. The predicted molar refractivity (Wildman–Crippen MR) is 53.4 cm³/mol. The molecule has 0 amide bonds. The number of hydrogen-bond acceptors (Lipinski definition) is 3. The van der Waals surface area contributed by atoms with Crippen LogP contribution in [0.25, 0.3) is 0 Å². The van der Waals surface area contributed by atoms with Crippen LogP contribution in [-0.4, -0.2) is 11.5 Å². The van der Waals surface area contributed by atoms with Gasteiger partial charge in [0.2, 0.25) is 0 Å². The molecule has 1 rings (SSSR count). The summed E-state index contributed by atoms with van der Waals surface area (Å²) in [5, 5.41) is 6.17. The number of thiazole rings is 1. The van der Waals surface area contributed by atoms with Gasteiger partial charge in [0.25, 0.3) is 0 Å². The molecule has 0 bridgehead atoms. The van der Waals surface area contributed by atoms with Crippen LogP contribution >= 0.6 is 11.3 Å². The topological polar surface area (TPSA) is 24.9 Å². The molecule has 2 nitrogen and oxygen atoms in total. The first-order valence-electron chi connectivity index (χ1n) is 3.94. The standard InChI is InChI=1S/C9H12N2S/c1-3-5-6-10-9-11-8(4-2)7-12-9/h7H,4,6H2,1-2H3,(H,10,11). The molecule has 1 aromatic rings. The maximum Gasteiger partial charge on any atom is 0.183 e. The molecule has 0 saturated heterocycles. The minimum atomic E-state index is 0.688. The number of nitrogens with zero attached hydrogens (tertiary/aromatic N) is 1. The minimum absolute atomic E-state index is 0.688. The number of aromatic nitrogens is 1. The summed E-state index contributed by atoms with van der Waals surface area (Å²) in [6.07, 6.45) is 0.998. The lowest BCUT2D eigenvalue weighted by Crippen LogP contribution is -1.97. The molecule has 3 heteroatoms. The summed E-state index contributed by atoms with van der Waals surface area (Å²) in [4.78, 5) is 4.34. The highest BCUT2D eigenvalue weighted by Crippen LogP contribution is 2.14. The van der Waals surface area contributed by atoms with Crippen molar-refractivity contribution >= 4 is 16.5 Å². The number of aryl methyl sites for hydroxylation is 1. The second-order valence-corrected chi connectivity index (χ2v) is 3.14. The van der Waals surface area contributed by atoms with Crippen molar-refractivity contribution in [3.8, 4) is 11.8 Å². The van der Waals surface area contributed by atoms with E-state index < -0.39 is 0 Å². The maximum atomic E-state index is 4.34. The lowest BCUT2D eigenvalue weighted by atomic mass is 10.4. The molecule has 0 spiro atoms. The van der Waals surface area contributed by atoms with Gasteiger partial charge < -0.3 is 5.32 Å². The number of rotatable bonds is 3. The molecule has 1 N–H and O–H groups in total. The van der Waals surface area contributed by atoms with Gasteiger partial charge in [0.15, 0.2) is 5.13 Å². The van der Waals surface area contributed by atoms with Crippen LogP contribution < -0.4 is 5.32 Å². The Bertz CT molecular complexity index is 293. The lowest BCUT2D eigenvalue weighted by molar-refractivity contribution is 1.06. The van der Waals surface area contributed by atoms with Gasteiger partial charge in [-0.15, -0.1) is 17.3 Å². The molecule has 1 aromatic heterocycles. The first-order chi connectivity index (χ1) is 5.86. The van der Waals surface area contributed by atoms with Gasteiger partial charge in [-0.25, -0.2) is 4.98 Å². The van der Waals surface area contributed by atoms with E-state index in [9.17, 15) is 0 Å². The van der Waals surface area contributed by atoms with Crippen LogP contribution in [0.3, 0.4) is 0 Å². The van der Waals surface area contributed by atoms with E-state index >= 15 is 0 Å². The third kappa shape index (κ3) is 2.55. The first-order valence-corrected chi connectivity index (χ1v) is 4.82. The minimum Gasteiger partial charge on any atom is -0.351 e. The molecule has 0 aliphatic rings.